The van der Waals surface area contributed by atoms with Crippen LogP contribution in [0.2, 0.25) is 0 Å². The maximum atomic E-state index is 12.3. The summed E-state index contributed by atoms with van der Waals surface area (Å²) >= 11 is 3.42. The number of halogens is 1. The van der Waals surface area contributed by atoms with E-state index in [9.17, 15) is 9.59 Å². The van der Waals surface area contributed by atoms with Gasteiger partial charge in [-0.15, -0.1) is 0 Å². The van der Waals surface area contributed by atoms with Crippen molar-refractivity contribution in [1.82, 2.24) is 9.13 Å². The fourth-order valence-corrected chi connectivity index (χ4v) is 2.76. The minimum atomic E-state index is -0.643. The number of aryl methyl sites for hydroxylation is 1. The second kappa shape index (κ2) is 4.23. The highest BCUT2D eigenvalue weighted by Crippen LogP contribution is 2.31. The Bertz CT molecular complexity index is 735. The van der Waals surface area contributed by atoms with Gasteiger partial charge >= 0.3 is 6.03 Å². The lowest BCUT2D eigenvalue weighted by molar-refractivity contribution is 0.249. The quantitative estimate of drug-likeness (QED) is 0.807. The molecule has 0 saturated heterocycles. The van der Waals surface area contributed by atoms with Gasteiger partial charge in [0.15, 0.2) is 0 Å². The van der Waals surface area contributed by atoms with Gasteiger partial charge in [-0.05, 0) is 22.0 Å². The number of carbonyl (C=O) groups is 1. The number of pyridine rings is 1. The topological polar surface area (TPSA) is 70.0 Å². The number of carbonyl (C=O) groups excluding carboxylic acids is 1. The summed E-state index contributed by atoms with van der Waals surface area (Å²) in [4.78, 5) is 24.0. The number of amides is 1. The van der Waals surface area contributed by atoms with E-state index >= 15 is 0 Å². The van der Waals surface area contributed by atoms with Crippen molar-refractivity contribution in [2.24, 2.45) is 12.8 Å². The first kappa shape index (κ1) is 13.9. The number of nitrogens with two attached hydrogens (primary N) is 1. The second-order valence-corrected chi connectivity index (χ2v) is 6.46. The average molecular weight is 326 g/mol. The Morgan fingerprint density at radius 2 is 1.95 bits per heavy atom. The van der Waals surface area contributed by atoms with Gasteiger partial charge in [0.25, 0.3) is 5.56 Å². The Morgan fingerprint density at radius 1 is 1.37 bits per heavy atom. The summed E-state index contributed by atoms with van der Waals surface area (Å²) < 4.78 is 3.50. The first-order chi connectivity index (χ1) is 8.64. The van der Waals surface area contributed by atoms with Crippen molar-refractivity contribution >= 4 is 32.9 Å². The van der Waals surface area contributed by atoms with E-state index in [1.165, 1.54) is 9.13 Å². The van der Waals surface area contributed by atoms with Crippen molar-refractivity contribution < 1.29 is 4.79 Å². The van der Waals surface area contributed by atoms with Crippen molar-refractivity contribution in [1.29, 1.82) is 0 Å². The Morgan fingerprint density at radius 3 is 2.42 bits per heavy atom. The molecule has 0 aliphatic heterocycles. The summed E-state index contributed by atoms with van der Waals surface area (Å²) in [5.41, 5.74) is 5.95. The first-order valence-corrected chi connectivity index (χ1v) is 6.64. The lowest BCUT2D eigenvalue weighted by atomic mass is 9.92. The summed E-state index contributed by atoms with van der Waals surface area (Å²) in [5.74, 6) is 0. The molecule has 2 N–H and O–H groups in total. The van der Waals surface area contributed by atoms with Crippen LogP contribution in [0, 0.1) is 0 Å². The molecular formula is C13H16BrN3O2. The molecule has 2 heterocycles. The summed E-state index contributed by atoms with van der Waals surface area (Å²) in [7, 11) is 1.64. The molecule has 19 heavy (non-hydrogen) atoms. The van der Waals surface area contributed by atoms with Gasteiger partial charge in [-0.1, -0.05) is 20.8 Å². The van der Waals surface area contributed by atoms with Gasteiger partial charge in [-0.3, -0.25) is 9.36 Å². The molecule has 0 aromatic carbocycles. The van der Waals surface area contributed by atoms with Gasteiger partial charge in [-0.25, -0.2) is 4.79 Å². The zero-order valence-corrected chi connectivity index (χ0v) is 12.9. The molecule has 0 saturated carbocycles. The van der Waals surface area contributed by atoms with Crippen molar-refractivity contribution in [3.63, 3.8) is 0 Å². The van der Waals surface area contributed by atoms with Crippen LogP contribution in [-0.4, -0.2) is 15.2 Å². The van der Waals surface area contributed by atoms with Crippen molar-refractivity contribution in [2.45, 2.75) is 26.2 Å². The molecule has 0 radical (unpaired) electrons. The van der Waals surface area contributed by atoms with E-state index in [1.807, 2.05) is 26.8 Å². The van der Waals surface area contributed by atoms with E-state index in [2.05, 4.69) is 15.9 Å². The van der Waals surface area contributed by atoms with Crippen LogP contribution in [0.5, 0.6) is 0 Å². The molecule has 0 aliphatic rings. The third-order valence-electron chi connectivity index (χ3n) is 3.08. The zero-order valence-electron chi connectivity index (χ0n) is 11.3. The predicted octanol–water partition coefficient (Wildman–Crippen LogP) is 2.33. The Hall–Kier alpha value is -1.56. The highest BCUT2D eigenvalue weighted by atomic mass is 79.9. The third-order valence-corrected chi connectivity index (χ3v) is 3.71. The SMILES string of the molecule is Cn1cc(Br)c2cc(C(C)(C)C)n(C(N)=O)c2c1=O. The van der Waals surface area contributed by atoms with Gasteiger partial charge in [0.05, 0.1) is 0 Å². The molecule has 0 unspecified atom stereocenters. The molecule has 5 nitrogen and oxygen atoms in total. The van der Waals surface area contributed by atoms with Gasteiger partial charge in [0, 0.05) is 34.2 Å². The maximum absolute atomic E-state index is 12.3. The molecule has 2 aromatic rings. The normalized spacial score (nSPS) is 12.1. The standard InChI is InChI=1S/C13H16BrN3O2/c1-13(2,3)9-5-7-8(14)6-16(4)11(18)10(7)17(9)12(15)19/h5-6H,1-4H3,(H2,15,19). The van der Waals surface area contributed by atoms with Crippen LogP contribution in [0.1, 0.15) is 26.5 Å². The van der Waals surface area contributed by atoms with Crippen molar-refractivity contribution in [3.05, 3.63) is 32.8 Å². The Labute approximate surface area is 119 Å². The highest BCUT2D eigenvalue weighted by Gasteiger charge is 2.25. The zero-order chi connectivity index (χ0) is 14.5. The summed E-state index contributed by atoms with van der Waals surface area (Å²) in [6.07, 6.45) is 1.68. The molecule has 2 rings (SSSR count). The van der Waals surface area contributed by atoms with Crippen LogP contribution in [0.25, 0.3) is 10.9 Å². The fraction of sp³-hybridized carbons (Fsp3) is 0.385. The molecule has 1 amide bonds. The smallest absolute Gasteiger partial charge is 0.323 e. The largest absolute Gasteiger partial charge is 0.351 e. The minimum absolute atomic E-state index is 0.243. The lowest BCUT2D eigenvalue weighted by Gasteiger charge is -2.19. The third kappa shape index (κ3) is 2.10. The van der Waals surface area contributed by atoms with Crippen LogP contribution in [0.4, 0.5) is 4.79 Å². The number of rotatable bonds is 0. The van der Waals surface area contributed by atoms with Gasteiger partial charge < -0.3 is 10.3 Å². The number of aromatic nitrogens is 2. The summed E-state index contributed by atoms with van der Waals surface area (Å²) in [6, 6.07) is 1.20. The van der Waals surface area contributed by atoms with Crippen LogP contribution in [0.3, 0.4) is 0 Å². The van der Waals surface area contributed by atoms with Crippen molar-refractivity contribution in [3.8, 4) is 0 Å². The maximum Gasteiger partial charge on any atom is 0.323 e. The Kier molecular flexibility index (Phi) is 3.09. The molecule has 0 atom stereocenters. The van der Waals surface area contributed by atoms with Gasteiger partial charge in [0.1, 0.15) is 5.52 Å². The van der Waals surface area contributed by atoms with E-state index in [0.717, 1.165) is 10.2 Å². The number of hydrogen-bond donors (Lipinski definition) is 1. The molecule has 0 fully saturated rings. The van der Waals surface area contributed by atoms with Crippen LogP contribution < -0.4 is 11.3 Å². The van der Waals surface area contributed by atoms with Crippen LogP contribution >= 0.6 is 15.9 Å². The van der Waals surface area contributed by atoms with Crippen LogP contribution in [0.15, 0.2) is 21.5 Å². The molecule has 0 spiro atoms. The molecular weight excluding hydrogens is 310 g/mol. The molecule has 0 aliphatic carbocycles. The van der Waals surface area contributed by atoms with E-state index in [4.69, 9.17) is 5.73 Å². The molecule has 0 bridgehead atoms. The molecule has 102 valence electrons. The predicted molar refractivity (Wildman–Crippen MR) is 78.6 cm³/mol. The van der Waals surface area contributed by atoms with Gasteiger partial charge in [0.2, 0.25) is 0 Å². The monoisotopic (exact) mass is 325 g/mol. The van der Waals surface area contributed by atoms with Crippen LogP contribution in [-0.2, 0) is 12.5 Å². The average Bonchev–Trinajstić information content (AvgIpc) is 2.66. The molecule has 2 aromatic heterocycles. The number of fused-ring (bicyclic) bond motifs is 1. The lowest BCUT2D eigenvalue weighted by Crippen LogP contribution is -2.30. The second-order valence-electron chi connectivity index (χ2n) is 5.61. The number of primary amides is 1. The van der Waals surface area contributed by atoms with E-state index in [-0.39, 0.29) is 11.0 Å². The summed E-state index contributed by atoms with van der Waals surface area (Å²) in [5, 5.41) is 0.701. The minimum Gasteiger partial charge on any atom is -0.351 e. The first-order valence-electron chi connectivity index (χ1n) is 5.85. The van der Waals surface area contributed by atoms with Gasteiger partial charge in [-0.2, -0.15) is 0 Å². The Balaban J connectivity index is 3.08. The van der Waals surface area contributed by atoms with Crippen molar-refractivity contribution in [2.75, 3.05) is 0 Å². The number of nitrogens with zero attached hydrogens (tertiary/aromatic N) is 2. The van der Waals surface area contributed by atoms with E-state index in [0.29, 0.717) is 10.9 Å². The van der Waals surface area contributed by atoms with E-state index in [1.54, 1.807) is 13.2 Å². The van der Waals surface area contributed by atoms with E-state index < -0.39 is 6.03 Å². The highest BCUT2D eigenvalue weighted by molar-refractivity contribution is 9.10. The number of hydrogen-bond acceptors (Lipinski definition) is 2. The summed E-state index contributed by atoms with van der Waals surface area (Å²) in [6.45, 7) is 5.91. The molecule has 6 heteroatoms. The fourth-order valence-electron chi connectivity index (χ4n) is 2.15.